The summed E-state index contributed by atoms with van der Waals surface area (Å²) < 4.78 is 0. The third-order valence-corrected chi connectivity index (χ3v) is 25.3. The molecule has 0 aliphatic carbocycles. The number of aliphatic hydroxyl groups is 1. The standard InChI is InChI=1S/C103H115N23O23/c1-54-102(147)126-35-15-26-83(126)100(145)123-81(46-85(131)110-51-87(133)114-72(90(105)135)45-86(132)115-77(40-60-47-107-69-23-12-9-20-66(60)69)96(141)121-79(43-63-50-106-53-112-63)91(136)111-52-88(134)125-89(55(2)127)101(146)113-54)99(144)120-78(41-61-48-108-70-24-13-10-21-67(61)70)97(142)118-73(36-56-16-5-3-6-17-56)92(137)116-74(37-57-18-7-4-8-19-57)94(139)122-80(44-84(104)130)98(143)119-75(38-58-27-31-64(128)32-28-58)93(138)117-76(39-59-29-33-65(129)34-30-59)95(140)124-82(103(148)149)42-62-49-109-71-25-14-11-22-68(62)71/h3-14,16-25,27-34,47-50,53-55,72-83,89,107-109,127-129H,15,26,35-46,51-52H2,1-2H3,(H2,104,130)(H2,105,135)(H,106,112)(H,110,131)(H,111,136)(H,113,146)(H,114,133)(H,115,132)(H,116,137)(H,117,138)(H,118,142)(H,119,143)(H,120,144)(H,121,141)(H,122,139)(H,123,145)(H,124,140)(H,125,134)(H,148,149)/t54-,55+,72?,73-,74-,75-,76-,77-,78-,79-,80-,81+,82-,83?,89?/m0/s1. The highest BCUT2D eigenvalue weighted by Crippen LogP contribution is 2.27. The molecule has 2 saturated heterocycles. The second-order valence-electron chi connectivity index (χ2n) is 36.4. The molecule has 18 amide bonds. The van der Waals surface area contributed by atoms with Gasteiger partial charge in [-0.05, 0) is 108 Å². The minimum Gasteiger partial charge on any atom is -0.508 e. The van der Waals surface area contributed by atoms with E-state index >= 15 is 33.6 Å². The van der Waals surface area contributed by atoms with Gasteiger partial charge in [0.1, 0.15) is 96.1 Å². The van der Waals surface area contributed by atoms with E-state index < -0.39 is 255 Å². The number of aromatic nitrogens is 5. The summed E-state index contributed by atoms with van der Waals surface area (Å²) in [4.78, 5) is 294. The number of carbonyl (C=O) groups is 19. The number of para-hydroxylation sites is 3. The number of hydrogen-bond donors (Lipinski definition) is 25. The minimum atomic E-state index is -2.10. The Bertz CT molecular complexity index is 6740. The lowest BCUT2D eigenvalue weighted by atomic mass is 10.00. The van der Waals surface area contributed by atoms with Crippen molar-refractivity contribution in [1.29, 1.82) is 0 Å². The number of carbonyl (C=O) groups excluding carboxylic acids is 18. The lowest BCUT2D eigenvalue weighted by molar-refractivity contribution is -0.143. The zero-order valence-corrected chi connectivity index (χ0v) is 80.8. The molecule has 2 fully saturated rings. The van der Waals surface area contributed by atoms with Crippen LogP contribution in [0.25, 0.3) is 32.7 Å². The van der Waals surface area contributed by atoms with Crippen LogP contribution in [0.5, 0.6) is 11.5 Å². The van der Waals surface area contributed by atoms with Crippen LogP contribution >= 0.6 is 0 Å². The van der Waals surface area contributed by atoms with Gasteiger partial charge in [0.25, 0.3) is 0 Å². The van der Waals surface area contributed by atoms with Crippen LogP contribution in [-0.2, 0) is 142 Å². The third kappa shape index (κ3) is 30.3. The molecule has 13 rings (SSSR count). The molecule has 0 radical (unpaired) electrons. The van der Waals surface area contributed by atoms with Crippen molar-refractivity contribution in [2.24, 2.45) is 11.5 Å². The summed E-state index contributed by atoms with van der Waals surface area (Å²) in [6.07, 6.45) is -0.164. The van der Waals surface area contributed by atoms with Gasteiger partial charge in [0, 0.05) is 121 Å². The van der Waals surface area contributed by atoms with Crippen molar-refractivity contribution in [1.82, 2.24) is 110 Å². The summed E-state index contributed by atoms with van der Waals surface area (Å²) >= 11 is 0. The Morgan fingerprint density at radius 2 is 0.852 bits per heavy atom. The molecule has 2 aliphatic heterocycles. The van der Waals surface area contributed by atoms with Gasteiger partial charge in [0.15, 0.2) is 0 Å². The number of aliphatic carboxylic acids is 1. The predicted molar refractivity (Wildman–Crippen MR) is 535 cm³/mol. The van der Waals surface area contributed by atoms with Crippen LogP contribution in [0, 0.1) is 0 Å². The van der Waals surface area contributed by atoms with E-state index in [2.05, 4.69) is 105 Å². The second-order valence-corrected chi connectivity index (χ2v) is 36.4. The average molecular weight is 2040 g/mol. The number of rotatable bonds is 35. The first-order valence-corrected chi connectivity index (χ1v) is 47.9. The molecule has 7 aromatic carbocycles. The van der Waals surface area contributed by atoms with E-state index in [1.165, 1.54) is 74.2 Å². The number of phenolic OH excluding ortho intramolecular Hbond substituents is 2. The van der Waals surface area contributed by atoms with Gasteiger partial charge in [0.05, 0.1) is 44.8 Å². The fourth-order valence-corrected chi connectivity index (χ4v) is 17.5. The molecular weight excluding hydrogens is 1930 g/mol. The molecule has 6 heterocycles. The van der Waals surface area contributed by atoms with E-state index in [1.807, 2.05) is 0 Å². The molecule has 46 heteroatoms. The maximum atomic E-state index is 15.9. The molecule has 15 atom stereocenters. The van der Waals surface area contributed by atoms with Gasteiger partial charge in [-0.2, -0.15) is 0 Å². The van der Waals surface area contributed by atoms with Crippen LogP contribution < -0.4 is 91.2 Å². The molecule has 11 aromatic rings. The third-order valence-electron chi connectivity index (χ3n) is 25.3. The van der Waals surface area contributed by atoms with Gasteiger partial charge in [-0.25, -0.2) is 9.78 Å². The molecule has 780 valence electrons. The number of aromatic amines is 4. The second kappa shape index (κ2) is 50.9. The van der Waals surface area contributed by atoms with Crippen LogP contribution in [-0.4, -0.2) is 273 Å². The molecule has 3 unspecified atom stereocenters. The summed E-state index contributed by atoms with van der Waals surface area (Å²) in [5, 5.41) is 81.7. The van der Waals surface area contributed by atoms with E-state index in [-0.39, 0.29) is 63.0 Å². The largest absolute Gasteiger partial charge is 0.508 e. The molecule has 27 N–H and O–H groups in total. The van der Waals surface area contributed by atoms with Crippen molar-refractivity contribution in [2.45, 2.75) is 188 Å². The van der Waals surface area contributed by atoms with E-state index in [9.17, 15) is 78.0 Å². The normalized spacial score (nSPS) is 19.1. The number of benzene rings is 7. The highest BCUT2D eigenvalue weighted by atomic mass is 16.4. The van der Waals surface area contributed by atoms with Crippen LogP contribution in [0.2, 0.25) is 0 Å². The van der Waals surface area contributed by atoms with E-state index in [0.717, 1.165) is 11.8 Å². The van der Waals surface area contributed by atoms with Crippen LogP contribution in [0.3, 0.4) is 0 Å². The number of aromatic hydroxyl groups is 2. The van der Waals surface area contributed by atoms with E-state index in [4.69, 9.17) is 11.5 Å². The lowest BCUT2D eigenvalue weighted by Crippen LogP contribution is -2.62. The number of imidazole rings is 1. The van der Waals surface area contributed by atoms with Crippen LogP contribution in [0.1, 0.15) is 90.6 Å². The number of nitrogens with one attached hydrogen (secondary N) is 19. The molecule has 0 bridgehead atoms. The van der Waals surface area contributed by atoms with Crippen molar-refractivity contribution in [3.8, 4) is 11.5 Å². The quantitative estimate of drug-likeness (QED) is 0.0198. The first kappa shape index (κ1) is 108. The number of hydrogen-bond acceptors (Lipinski definition) is 23. The summed E-state index contributed by atoms with van der Waals surface area (Å²) in [7, 11) is 0. The number of nitrogens with zero attached hydrogens (tertiary/aromatic N) is 2. The maximum absolute atomic E-state index is 15.9. The number of carboxylic acid groups (broad SMARTS) is 1. The van der Waals surface area contributed by atoms with Crippen molar-refractivity contribution in [3.05, 3.63) is 258 Å². The van der Waals surface area contributed by atoms with Gasteiger partial charge < -0.3 is 136 Å². The van der Waals surface area contributed by atoms with Gasteiger partial charge in [-0.15, -0.1) is 0 Å². The Morgan fingerprint density at radius 3 is 1.34 bits per heavy atom. The smallest absolute Gasteiger partial charge is 0.326 e. The lowest BCUT2D eigenvalue weighted by Gasteiger charge is -2.30. The van der Waals surface area contributed by atoms with E-state index in [1.54, 1.807) is 146 Å². The predicted octanol–water partition coefficient (Wildman–Crippen LogP) is -2.33. The number of phenols is 2. The zero-order valence-electron chi connectivity index (χ0n) is 80.8. The molecule has 2 aliphatic rings. The molecule has 0 spiro atoms. The Morgan fingerprint density at radius 1 is 0.423 bits per heavy atom. The van der Waals surface area contributed by atoms with Gasteiger partial charge in [-0.1, -0.05) is 140 Å². The Kier molecular flexibility index (Phi) is 36.9. The number of primary amides is 2. The molecule has 0 saturated carbocycles. The van der Waals surface area contributed by atoms with Crippen molar-refractivity contribution >= 4 is 145 Å². The number of fused-ring (bicyclic) bond motifs is 4. The summed E-state index contributed by atoms with van der Waals surface area (Å²) in [6, 6.07) is 23.5. The minimum absolute atomic E-state index is 0.115. The zero-order chi connectivity index (χ0) is 107. The number of amides is 18. The topological polar surface area (TPSA) is 717 Å². The van der Waals surface area contributed by atoms with E-state index in [0.29, 0.717) is 77.3 Å². The first-order valence-electron chi connectivity index (χ1n) is 47.9. The SMILES string of the molecule is C[C@@H]1NC(=O)C([C@@H](C)O)NC(=O)CNC(=O)[C@H](Cc2cnc[nH]2)NC(=O)[C@H](Cc2c[nH]c3ccccc23)NC(=O)CC(C(N)=O)NC(=O)CNC(=O)C[C@H](C(=O)N[C@@H](Cc2c[nH]c3ccccc23)C(=O)N[C@@H](Cc2ccccc2)C(=O)N[C@@H](Cc2ccccc2)C(=O)N[C@@H](CC(N)=O)C(=O)N[C@@H](Cc2ccc(O)cc2)C(=O)N[C@@H](Cc2ccc(O)cc2)C(=O)N[C@@H](Cc2c[nH]c3ccccc23)C(=O)O)NC(=O)C2CCCN2C1=O. The fourth-order valence-electron chi connectivity index (χ4n) is 17.5. The number of H-pyrrole nitrogens is 4. The highest BCUT2D eigenvalue weighted by molar-refractivity contribution is 6.04. The molecule has 149 heavy (non-hydrogen) atoms. The van der Waals surface area contributed by atoms with Crippen LogP contribution in [0.4, 0.5) is 0 Å². The van der Waals surface area contributed by atoms with Crippen molar-refractivity contribution in [3.63, 3.8) is 0 Å². The average Bonchev–Trinajstić information content (AvgIpc) is 1.65. The summed E-state index contributed by atoms with van der Waals surface area (Å²) in [5.74, 6) is -21.8. The van der Waals surface area contributed by atoms with Gasteiger partial charge >= 0.3 is 5.97 Å². The molecular formula is C103H115N23O23. The van der Waals surface area contributed by atoms with Gasteiger partial charge in [0.2, 0.25) is 106 Å². The number of aliphatic hydroxyl groups excluding tert-OH is 1. The van der Waals surface area contributed by atoms with Crippen LogP contribution in [0.15, 0.2) is 213 Å². The Balaban J connectivity index is 0.776. The highest BCUT2D eigenvalue weighted by Gasteiger charge is 2.43. The fraction of sp³-hybridized carbons (Fsp3) is 0.320. The van der Waals surface area contributed by atoms with Crippen molar-refractivity contribution < 1.29 is 112 Å². The summed E-state index contributed by atoms with van der Waals surface area (Å²) in [6.45, 7) is 0.298. The Hall–Kier alpha value is -18.1. The monoisotopic (exact) mass is 2040 g/mol. The van der Waals surface area contributed by atoms with Crippen molar-refractivity contribution in [2.75, 3.05) is 19.6 Å². The number of nitrogens with two attached hydrogens (primary N) is 2. The first-order chi connectivity index (χ1) is 71.4. The summed E-state index contributed by atoms with van der Waals surface area (Å²) in [5.41, 5.74) is 16.6. The Labute approximate surface area is 850 Å². The molecule has 46 nitrogen and oxygen atoms in total. The molecule has 4 aromatic heterocycles. The number of carboxylic acids is 1. The maximum Gasteiger partial charge on any atom is 0.326 e. The van der Waals surface area contributed by atoms with Gasteiger partial charge in [-0.3, -0.25) is 86.3 Å².